The molecule has 0 unspecified atom stereocenters. The van der Waals surface area contributed by atoms with Crippen molar-refractivity contribution in [2.24, 2.45) is 5.92 Å². The Balaban J connectivity index is 1.89. The molecule has 1 aromatic carbocycles. The fourth-order valence-electron chi connectivity index (χ4n) is 3.48. The smallest absolute Gasteiger partial charge is 0.387 e. The van der Waals surface area contributed by atoms with Crippen molar-refractivity contribution < 1.29 is 27.8 Å². The molecule has 1 aromatic rings. The van der Waals surface area contributed by atoms with Crippen molar-refractivity contribution in [1.29, 1.82) is 0 Å². The number of ether oxygens (including phenoxy) is 3. The monoisotopic (exact) mass is 489 g/mol. The molecular weight excluding hydrogens is 463 g/mol. The normalized spacial score (nSPS) is 20.0. The molecule has 9 heteroatoms. The zero-order chi connectivity index (χ0) is 23.3. The van der Waals surface area contributed by atoms with Gasteiger partial charge in [0.15, 0.2) is 11.5 Å². The number of nitrogens with one attached hydrogen (secondary N) is 1. The average Bonchev–Trinajstić information content (AvgIpc) is 3.39. The van der Waals surface area contributed by atoms with Gasteiger partial charge in [-0.2, -0.15) is 8.78 Å². The third kappa shape index (κ3) is 7.09. The minimum atomic E-state index is -2.99. The zero-order valence-electron chi connectivity index (χ0n) is 17.8. The number of benzene rings is 1. The fraction of sp³-hybridized carbons (Fsp3) is 0.522. The number of carbonyl (C=O) groups excluding carboxylic acids is 1. The number of hydrogen-bond acceptors (Lipinski definition) is 5. The molecule has 1 saturated carbocycles. The fourth-order valence-corrected chi connectivity index (χ4v) is 3.94. The first-order valence-electron chi connectivity index (χ1n) is 10.6. The van der Waals surface area contributed by atoms with Crippen molar-refractivity contribution in [1.82, 2.24) is 5.32 Å². The molecule has 0 radical (unpaired) electrons. The molecule has 1 aliphatic heterocycles. The highest BCUT2D eigenvalue weighted by molar-refractivity contribution is 6.35. The van der Waals surface area contributed by atoms with Crippen LogP contribution in [0.3, 0.4) is 0 Å². The largest absolute Gasteiger partial charge is 0.489 e. The molecule has 1 N–H and O–H groups in total. The molecule has 1 heterocycles. The number of hydrogen-bond donors (Lipinski definition) is 1. The Kier molecular flexibility index (Phi) is 8.79. The first-order valence-corrected chi connectivity index (χ1v) is 11.4. The van der Waals surface area contributed by atoms with Gasteiger partial charge in [-0.3, -0.25) is 4.79 Å². The van der Waals surface area contributed by atoms with Crippen molar-refractivity contribution in [3.05, 3.63) is 46.0 Å². The van der Waals surface area contributed by atoms with Crippen molar-refractivity contribution in [3.63, 3.8) is 0 Å². The highest BCUT2D eigenvalue weighted by Crippen LogP contribution is 2.39. The molecule has 0 aromatic heterocycles. The van der Waals surface area contributed by atoms with Gasteiger partial charge in [0.1, 0.15) is 12.1 Å². The van der Waals surface area contributed by atoms with Gasteiger partial charge in [0.2, 0.25) is 0 Å². The number of carbonyl (C=O) groups is 1. The standard InChI is InChI=1S/C23H27Cl2F2NO4/c1-13(24)17(14(2)25)11-20(31-22(29)18-4-3-9-28-18)16-7-8-19(32-23(26)27)21(10-16)30-12-15-5-6-15/h7-8,10,15,18,20,23,28H,1,3-6,9,11-12H2,2H3/b17-14+/t18-,20+/m0/s1. The summed E-state index contributed by atoms with van der Waals surface area (Å²) in [6.45, 7) is 3.58. The van der Waals surface area contributed by atoms with Crippen molar-refractivity contribution >= 4 is 29.2 Å². The van der Waals surface area contributed by atoms with Crippen LogP contribution in [0.4, 0.5) is 8.78 Å². The van der Waals surface area contributed by atoms with Crippen LogP contribution in [0.2, 0.25) is 0 Å². The first kappa shape index (κ1) is 24.8. The summed E-state index contributed by atoms with van der Waals surface area (Å²) >= 11 is 12.3. The van der Waals surface area contributed by atoms with Crippen LogP contribution in [-0.2, 0) is 9.53 Å². The van der Waals surface area contributed by atoms with Crippen molar-refractivity contribution in [2.75, 3.05) is 13.2 Å². The molecule has 0 bridgehead atoms. The molecule has 1 saturated heterocycles. The second-order valence-corrected chi connectivity index (χ2v) is 9.06. The molecule has 176 valence electrons. The zero-order valence-corrected chi connectivity index (χ0v) is 19.4. The maximum absolute atomic E-state index is 12.9. The van der Waals surface area contributed by atoms with Gasteiger partial charge in [-0.1, -0.05) is 35.8 Å². The highest BCUT2D eigenvalue weighted by Gasteiger charge is 2.29. The quantitative estimate of drug-likeness (QED) is 0.302. The molecule has 2 fully saturated rings. The van der Waals surface area contributed by atoms with Crippen LogP contribution in [0.15, 0.2) is 40.4 Å². The molecule has 2 aliphatic rings. The van der Waals surface area contributed by atoms with Gasteiger partial charge in [0.25, 0.3) is 0 Å². The van der Waals surface area contributed by atoms with Crippen LogP contribution in [0, 0.1) is 5.92 Å². The molecule has 0 amide bonds. The molecular formula is C23H27Cl2F2NO4. The molecule has 5 nitrogen and oxygen atoms in total. The lowest BCUT2D eigenvalue weighted by atomic mass is 10.00. The Morgan fingerprint density at radius 3 is 2.56 bits per heavy atom. The SMILES string of the molecule is C=C(Cl)/C(C[C@@H](OC(=O)[C@@H]1CCCN1)c1ccc(OC(F)F)c(OCC2CC2)c1)=C(\C)Cl. The summed E-state index contributed by atoms with van der Waals surface area (Å²) < 4.78 is 41.9. The summed E-state index contributed by atoms with van der Waals surface area (Å²) in [5.41, 5.74) is 1.09. The van der Waals surface area contributed by atoms with Gasteiger partial charge in [-0.25, -0.2) is 0 Å². The van der Waals surface area contributed by atoms with E-state index in [9.17, 15) is 13.6 Å². The van der Waals surface area contributed by atoms with Gasteiger partial charge < -0.3 is 19.5 Å². The predicted molar refractivity (Wildman–Crippen MR) is 119 cm³/mol. The van der Waals surface area contributed by atoms with E-state index in [0.29, 0.717) is 35.1 Å². The summed E-state index contributed by atoms with van der Waals surface area (Å²) in [6.07, 6.45) is 3.05. The van der Waals surface area contributed by atoms with Crippen LogP contribution in [0.25, 0.3) is 0 Å². The topological polar surface area (TPSA) is 56.8 Å². The number of esters is 1. The average molecular weight is 490 g/mol. The van der Waals surface area contributed by atoms with Crippen LogP contribution in [0.1, 0.15) is 50.7 Å². The van der Waals surface area contributed by atoms with E-state index in [1.165, 1.54) is 6.07 Å². The Labute approximate surface area is 196 Å². The number of alkyl halides is 2. The Morgan fingerprint density at radius 1 is 1.25 bits per heavy atom. The van der Waals surface area contributed by atoms with E-state index in [1.807, 2.05) is 0 Å². The van der Waals surface area contributed by atoms with Gasteiger partial charge in [0.05, 0.1) is 6.61 Å². The Morgan fingerprint density at radius 2 is 2.00 bits per heavy atom. The van der Waals surface area contributed by atoms with E-state index in [-0.39, 0.29) is 23.0 Å². The summed E-state index contributed by atoms with van der Waals surface area (Å²) in [5, 5.41) is 3.77. The van der Waals surface area contributed by atoms with Crippen molar-refractivity contribution in [2.45, 2.75) is 57.8 Å². The van der Waals surface area contributed by atoms with Gasteiger partial charge in [-0.15, -0.1) is 0 Å². The second-order valence-electron chi connectivity index (χ2n) is 8.03. The molecule has 3 rings (SSSR count). The molecule has 0 spiro atoms. The Bertz CT molecular complexity index is 864. The predicted octanol–water partition coefficient (Wildman–Crippen LogP) is 6.07. The minimum Gasteiger partial charge on any atom is -0.489 e. The number of allylic oxidation sites excluding steroid dienone is 2. The van der Waals surface area contributed by atoms with Gasteiger partial charge in [0, 0.05) is 16.5 Å². The highest BCUT2D eigenvalue weighted by atomic mass is 35.5. The summed E-state index contributed by atoms with van der Waals surface area (Å²) in [4.78, 5) is 12.7. The van der Waals surface area contributed by atoms with Crippen molar-refractivity contribution in [3.8, 4) is 11.5 Å². The first-order chi connectivity index (χ1) is 15.2. The third-order valence-electron chi connectivity index (χ3n) is 5.46. The van der Waals surface area contributed by atoms with Gasteiger partial charge in [-0.05, 0) is 68.3 Å². The van der Waals surface area contributed by atoms with E-state index >= 15 is 0 Å². The van der Waals surface area contributed by atoms with E-state index in [4.69, 9.17) is 32.7 Å². The summed E-state index contributed by atoms with van der Waals surface area (Å²) in [7, 11) is 0. The second kappa shape index (κ2) is 11.3. The minimum absolute atomic E-state index is 0.0713. The third-order valence-corrected chi connectivity index (χ3v) is 5.92. The van der Waals surface area contributed by atoms with E-state index < -0.39 is 24.7 Å². The van der Waals surface area contributed by atoms with E-state index in [0.717, 1.165) is 25.8 Å². The summed E-state index contributed by atoms with van der Waals surface area (Å²) in [6, 6.07) is 4.14. The summed E-state index contributed by atoms with van der Waals surface area (Å²) in [5.74, 6) is 0.117. The molecule has 32 heavy (non-hydrogen) atoms. The lowest BCUT2D eigenvalue weighted by Crippen LogP contribution is -2.33. The number of halogens is 4. The number of rotatable bonds is 11. The lowest BCUT2D eigenvalue weighted by Gasteiger charge is -2.23. The van der Waals surface area contributed by atoms with Crippen LogP contribution < -0.4 is 14.8 Å². The van der Waals surface area contributed by atoms with Crippen LogP contribution >= 0.6 is 23.2 Å². The van der Waals surface area contributed by atoms with Gasteiger partial charge >= 0.3 is 12.6 Å². The maximum Gasteiger partial charge on any atom is 0.387 e. The molecule has 2 atom stereocenters. The Hall–Kier alpha value is -1.83. The van der Waals surface area contributed by atoms with Crippen LogP contribution in [0.5, 0.6) is 11.5 Å². The van der Waals surface area contributed by atoms with E-state index in [1.54, 1.807) is 19.1 Å². The molecule has 1 aliphatic carbocycles. The van der Waals surface area contributed by atoms with Crippen LogP contribution in [-0.4, -0.2) is 31.8 Å². The lowest BCUT2D eigenvalue weighted by molar-refractivity contribution is -0.151. The van der Waals surface area contributed by atoms with E-state index in [2.05, 4.69) is 16.6 Å². The maximum atomic E-state index is 12.9.